The number of nitrogens with one attached hydrogen (secondary N) is 1. The van der Waals surface area contributed by atoms with E-state index in [1.807, 2.05) is 18.2 Å². The first-order valence-electron chi connectivity index (χ1n) is 9.10. The van der Waals surface area contributed by atoms with Gasteiger partial charge in [0.05, 0.1) is 4.88 Å². The molecule has 1 aliphatic rings. The van der Waals surface area contributed by atoms with Gasteiger partial charge in [0.15, 0.2) is 6.29 Å². The summed E-state index contributed by atoms with van der Waals surface area (Å²) < 4.78 is 5.00. The van der Waals surface area contributed by atoms with Crippen LogP contribution in [-0.2, 0) is 13.0 Å². The van der Waals surface area contributed by atoms with Gasteiger partial charge < -0.3 is 9.84 Å². The number of aldehydes is 1. The van der Waals surface area contributed by atoms with E-state index in [0.29, 0.717) is 23.8 Å². The first-order chi connectivity index (χ1) is 13.6. The maximum atomic E-state index is 12.5. The number of thiophene rings is 1. The number of carbonyl (C=O) groups excluding carboxylic acids is 2. The maximum absolute atomic E-state index is 12.5. The highest BCUT2D eigenvalue weighted by molar-refractivity contribution is 7.13. The Morgan fingerprint density at radius 2 is 2.29 bits per heavy atom. The summed E-state index contributed by atoms with van der Waals surface area (Å²) in [6, 6.07) is 9.18. The van der Waals surface area contributed by atoms with E-state index in [-0.39, 0.29) is 5.91 Å². The molecule has 4 rings (SSSR count). The molecule has 1 aliphatic heterocycles. The fraction of sp³-hybridized carbons (Fsp3) is 0.300. The third-order valence-electron chi connectivity index (χ3n) is 4.72. The van der Waals surface area contributed by atoms with Crippen LogP contribution >= 0.6 is 11.3 Å². The average molecular weight is 396 g/mol. The molecule has 0 bridgehead atoms. The third-order valence-corrected chi connectivity index (χ3v) is 5.81. The minimum atomic E-state index is -0.126. The molecule has 0 saturated heterocycles. The molecule has 0 radical (unpaired) electrons. The Morgan fingerprint density at radius 1 is 1.39 bits per heavy atom. The Labute approximate surface area is 166 Å². The number of aryl methyl sites for hydroxylation is 1. The normalized spacial score (nSPS) is 13.9. The van der Waals surface area contributed by atoms with Crippen LogP contribution in [0.1, 0.15) is 36.4 Å². The Bertz CT molecular complexity index is 1010. The lowest BCUT2D eigenvalue weighted by Gasteiger charge is -2.26. The van der Waals surface area contributed by atoms with Crippen molar-refractivity contribution in [2.24, 2.45) is 0 Å². The topological polar surface area (TPSA) is 88.3 Å². The molecule has 3 aromatic rings. The summed E-state index contributed by atoms with van der Waals surface area (Å²) in [6.07, 6.45) is 1.86. The molecule has 1 N–H and O–H groups in total. The number of hydrogen-bond donors (Lipinski definition) is 1. The molecule has 2 aromatic heterocycles. The zero-order chi connectivity index (χ0) is 19.5. The lowest BCUT2D eigenvalue weighted by atomic mass is 10.1. The number of rotatable bonds is 6. The van der Waals surface area contributed by atoms with E-state index >= 15 is 0 Å². The van der Waals surface area contributed by atoms with Crippen molar-refractivity contribution in [2.75, 3.05) is 19.6 Å². The average Bonchev–Trinajstić information content (AvgIpc) is 3.33. The standard InChI is InChI=1S/C20H20N4O3S/c1-13-22-19(23-27-13)15-3-2-4-16(9-15)20(26)21-6-8-24-7-5-14-10-17(12-25)28-18(14)11-24/h2-4,9-10,12H,5-8,11H2,1H3,(H,21,26). The summed E-state index contributed by atoms with van der Waals surface area (Å²) in [5, 5.41) is 6.86. The molecule has 0 spiro atoms. The van der Waals surface area contributed by atoms with Crippen LogP contribution in [0.4, 0.5) is 0 Å². The smallest absolute Gasteiger partial charge is 0.251 e. The molecule has 0 atom stereocenters. The van der Waals surface area contributed by atoms with Gasteiger partial charge in [0.2, 0.25) is 11.7 Å². The molecule has 0 aliphatic carbocycles. The van der Waals surface area contributed by atoms with Crippen LogP contribution in [0.2, 0.25) is 0 Å². The van der Waals surface area contributed by atoms with Crippen molar-refractivity contribution in [2.45, 2.75) is 19.9 Å². The van der Waals surface area contributed by atoms with Gasteiger partial charge in [0.1, 0.15) is 0 Å². The monoisotopic (exact) mass is 396 g/mol. The molecular formula is C20H20N4O3S. The Morgan fingerprint density at radius 3 is 3.07 bits per heavy atom. The van der Waals surface area contributed by atoms with Crippen molar-refractivity contribution in [3.05, 3.63) is 57.1 Å². The zero-order valence-electron chi connectivity index (χ0n) is 15.5. The molecule has 1 aromatic carbocycles. The molecule has 8 heteroatoms. The number of nitrogens with zero attached hydrogens (tertiary/aromatic N) is 3. The minimum Gasteiger partial charge on any atom is -0.351 e. The van der Waals surface area contributed by atoms with E-state index in [2.05, 4.69) is 20.4 Å². The van der Waals surface area contributed by atoms with Crippen LogP contribution < -0.4 is 5.32 Å². The van der Waals surface area contributed by atoms with Gasteiger partial charge in [-0.15, -0.1) is 11.3 Å². The van der Waals surface area contributed by atoms with Crippen molar-refractivity contribution in [3.8, 4) is 11.4 Å². The summed E-state index contributed by atoms with van der Waals surface area (Å²) in [7, 11) is 0. The first-order valence-corrected chi connectivity index (χ1v) is 9.92. The van der Waals surface area contributed by atoms with Crippen molar-refractivity contribution in [1.82, 2.24) is 20.4 Å². The second kappa shape index (κ2) is 8.04. The highest BCUT2D eigenvalue weighted by Gasteiger charge is 2.19. The zero-order valence-corrected chi connectivity index (χ0v) is 16.3. The van der Waals surface area contributed by atoms with Crippen molar-refractivity contribution in [1.29, 1.82) is 0 Å². The number of fused-ring (bicyclic) bond motifs is 1. The van der Waals surface area contributed by atoms with E-state index in [4.69, 9.17) is 4.52 Å². The molecule has 0 fully saturated rings. The van der Waals surface area contributed by atoms with Crippen LogP contribution in [0.25, 0.3) is 11.4 Å². The number of amides is 1. The van der Waals surface area contributed by atoms with Gasteiger partial charge in [-0.05, 0) is 30.2 Å². The van der Waals surface area contributed by atoms with Gasteiger partial charge in [-0.25, -0.2) is 0 Å². The second-order valence-corrected chi connectivity index (χ2v) is 7.88. The van der Waals surface area contributed by atoms with Crippen molar-refractivity contribution in [3.63, 3.8) is 0 Å². The third kappa shape index (κ3) is 4.02. The first kappa shape index (κ1) is 18.5. The van der Waals surface area contributed by atoms with Crippen LogP contribution in [-0.4, -0.2) is 46.9 Å². The van der Waals surface area contributed by atoms with Crippen LogP contribution in [0.15, 0.2) is 34.9 Å². The Balaban J connectivity index is 1.32. The summed E-state index contributed by atoms with van der Waals surface area (Å²) in [6.45, 7) is 4.82. The SMILES string of the molecule is Cc1nc(-c2cccc(C(=O)NCCN3CCc4cc(C=O)sc4C3)c2)no1. The summed E-state index contributed by atoms with van der Waals surface area (Å²) >= 11 is 1.56. The molecule has 1 amide bonds. The number of benzene rings is 1. The fourth-order valence-corrected chi connectivity index (χ4v) is 4.36. The van der Waals surface area contributed by atoms with Gasteiger partial charge in [-0.2, -0.15) is 4.98 Å². The minimum absolute atomic E-state index is 0.126. The van der Waals surface area contributed by atoms with Gasteiger partial charge in [0.25, 0.3) is 5.91 Å². The van der Waals surface area contributed by atoms with Gasteiger partial charge >= 0.3 is 0 Å². The van der Waals surface area contributed by atoms with Gasteiger partial charge in [-0.1, -0.05) is 17.3 Å². The van der Waals surface area contributed by atoms with E-state index in [9.17, 15) is 9.59 Å². The molecular weight excluding hydrogens is 376 g/mol. The lowest BCUT2D eigenvalue weighted by molar-refractivity contribution is 0.0947. The predicted octanol–water partition coefficient (Wildman–Crippen LogP) is 2.71. The van der Waals surface area contributed by atoms with Crippen LogP contribution in [0.5, 0.6) is 0 Å². The maximum Gasteiger partial charge on any atom is 0.251 e. The van der Waals surface area contributed by atoms with Crippen LogP contribution in [0.3, 0.4) is 0 Å². The highest BCUT2D eigenvalue weighted by Crippen LogP contribution is 2.27. The van der Waals surface area contributed by atoms with Gasteiger partial charge in [-0.3, -0.25) is 14.5 Å². The summed E-state index contributed by atoms with van der Waals surface area (Å²) in [4.78, 5) is 32.0. The predicted molar refractivity (Wildman–Crippen MR) is 105 cm³/mol. The molecule has 0 unspecified atom stereocenters. The molecule has 3 heterocycles. The lowest BCUT2D eigenvalue weighted by Crippen LogP contribution is -2.37. The van der Waals surface area contributed by atoms with Crippen molar-refractivity contribution < 1.29 is 14.1 Å². The van der Waals surface area contributed by atoms with Crippen molar-refractivity contribution >= 4 is 23.5 Å². The van der Waals surface area contributed by atoms with Gasteiger partial charge in [0, 0.05) is 49.1 Å². The Kier molecular flexibility index (Phi) is 5.31. The van der Waals surface area contributed by atoms with E-state index in [0.717, 1.165) is 42.8 Å². The van der Waals surface area contributed by atoms with Crippen LogP contribution in [0, 0.1) is 6.92 Å². The Hall–Kier alpha value is -2.84. The van der Waals surface area contributed by atoms with E-state index < -0.39 is 0 Å². The largest absolute Gasteiger partial charge is 0.351 e. The molecule has 7 nitrogen and oxygen atoms in total. The quantitative estimate of drug-likeness (QED) is 0.645. The molecule has 0 saturated carbocycles. The second-order valence-electron chi connectivity index (χ2n) is 6.71. The summed E-state index contributed by atoms with van der Waals surface area (Å²) in [5.41, 5.74) is 2.59. The van der Waals surface area contributed by atoms with E-state index in [1.165, 1.54) is 10.4 Å². The fourth-order valence-electron chi connectivity index (χ4n) is 3.29. The number of hydrogen-bond acceptors (Lipinski definition) is 7. The molecule has 28 heavy (non-hydrogen) atoms. The van der Waals surface area contributed by atoms with E-state index in [1.54, 1.807) is 30.4 Å². The number of aromatic nitrogens is 2. The summed E-state index contributed by atoms with van der Waals surface area (Å²) in [5.74, 6) is 0.835. The highest BCUT2D eigenvalue weighted by atomic mass is 32.1. The number of carbonyl (C=O) groups is 2. The molecule has 144 valence electrons.